The van der Waals surface area contributed by atoms with Crippen molar-refractivity contribution in [3.63, 3.8) is 0 Å². The molecule has 0 aliphatic heterocycles. The van der Waals surface area contributed by atoms with Crippen molar-refractivity contribution in [1.82, 2.24) is 0 Å². The molecule has 0 fully saturated rings. The van der Waals surface area contributed by atoms with Crippen LogP contribution in [0.5, 0.6) is 0 Å². The average molecular weight is 349 g/mol. The van der Waals surface area contributed by atoms with E-state index in [1.807, 2.05) is 25.2 Å². The number of hydrogen-bond donors (Lipinski definition) is 1. The standard InChI is InChI=1S/C16H17BrN2S/c1-10-6-11(2)8-13(7-10)19(3)15-5-4-12(17)9-14(15)16(18)20/h4-9H,1-3H3,(H2,18,20). The molecule has 0 aromatic heterocycles. The topological polar surface area (TPSA) is 29.3 Å². The smallest absolute Gasteiger partial charge is 0.106 e. The van der Waals surface area contributed by atoms with E-state index in [4.69, 9.17) is 18.0 Å². The fraction of sp³-hybridized carbons (Fsp3) is 0.188. The Labute approximate surface area is 133 Å². The van der Waals surface area contributed by atoms with Crippen LogP contribution in [0.4, 0.5) is 11.4 Å². The van der Waals surface area contributed by atoms with Crippen LogP contribution in [0.2, 0.25) is 0 Å². The first-order valence-corrected chi connectivity index (χ1v) is 7.50. The van der Waals surface area contributed by atoms with Gasteiger partial charge in [0, 0.05) is 22.8 Å². The number of aryl methyl sites for hydroxylation is 2. The maximum absolute atomic E-state index is 5.84. The number of halogens is 1. The monoisotopic (exact) mass is 348 g/mol. The molecule has 0 bridgehead atoms. The molecule has 20 heavy (non-hydrogen) atoms. The lowest BCUT2D eigenvalue weighted by atomic mass is 10.1. The minimum absolute atomic E-state index is 0.400. The van der Waals surface area contributed by atoms with Crippen molar-refractivity contribution in [3.8, 4) is 0 Å². The van der Waals surface area contributed by atoms with Gasteiger partial charge in [0.2, 0.25) is 0 Å². The molecule has 0 unspecified atom stereocenters. The first-order valence-electron chi connectivity index (χ1n) is 6.30. The Morgan fingerprint density at radius 2 is 1.70 bits per heavy atom. The minimum Gasteiger partial charge on any atom is -0.389 e. The van der Waals surface area contributed by atoms with Gasteiger partial charge in [0.1, 0.15) is 4.99 Å². The summed E-state index contributed by atoms with van der Waals surface area (Å²) in [4.78, 5) is 2.51. The van der Waals surface area contributed by atoms with Gasteiger partial charge in [-0.2, -0.15) is 0 Å². The van der Waals surface area contributed by atoms with Crippen molar-refractivity contribution in [2.24, 2.45) is 5.73 Å². The number of anilines is 2. The molecule has 0 aliphatic rings. The van der Waals surface area contributed by atoms with E-state index in [1.54, 1.807) is 0 Å². The molecule has 0 atom stereocenters. The summed E-state index contributed by atoms with van der Waals surface area (Å²) in [7, 11) is 2.03. The third-order valence-electron chi connectivity index (χ3n) is 3.18. The van der Waals surface area contributed by atoms with Gasteiger partial charge in [0.15, 0.2) is 0 Å². The van der Waals surface area contributed by atoms with Crippen molar-refractivity contribution in [2.45, 2.75) is 13.8 Å². The SMILES string of the molecule is Cc1cc(C)cc(N(C)c2ccc(Br)cc2C(N)=S)c1. The summed E-state index contributed by atoms with van der Waals surface area (Å²) in [6, 6.07) is 12.4. The summed E-state index contributed by atoms with van der Waals surface area (Å²) in [6.45, 7) is 4.20. The van der Waals surface area contributed by atoms with Crippen molar-refractivity contribution in [3.05, 3.63) is 57.6 Å². The molecule has 2 aromatic rings. The molecular formula is C16H17BrN2S. The van der Waals surface area contributed by atoms with Crippen LogP contribution in [0, 0.1) is 13.8 Å². The number of nitrogens with two attached hydrogens (primary N) is 1. The number of benzene rings is 2. The second-order valence-corrected chi connectivity index (χ2v) is 6.29. The number of rotatable bonds is 3. The second-order valence-electron chi connectivity index (χ2n) is 4.93. The predicted octanol–water partition coefficient (Wildman–Crippen LogP) is 4.47. The van der Waals surface area contributed by atoms with Gasteiger partial charge in [-0.25, -0.2) is 0 Å². The maximum atomic E-state index is 5.84. The molecule has 0 aliphatic carbocycles. The fourth-order valence-electron chi connectivity index (χ4n) is 2.28. The van der Waals surface area contributed by atoms with Crippen LogP contribution in [0.1, 0.15) is 16.7 Å². The van der Waals surface area contributed by atoms with Gasteiger partial charge in [-0.05, 0) is 55.3 Å². The minimum atomic E-state index is 0.400. The van der Waals surface area contributed by atoms with E-state index < -0.39 is 0 Å². The lowest BCUT2D eigenvalue weighted by Crippen LogP contribution is -2.18. The van der Waals surface area contributed by atoms with Gasteiger partial charge in [0.05, 0.1) is 5.69 Å². The van der Waals surface area contributed by atoms with E-state index >= 15 is 0 Å². The lowest BCUT2D eigenvalue weighted by molar-refractivity contribution is 1.19. The first-order chi connectivity index (χ1) is 9.38. The first kappa shape index (κ1) is 15.0. The molecule has 0 amide bonds. The van der Waals surface area contributed by atoms with E-state index in [1.165, 1.54) is 11.1 Å². The Balaban J connectivity index is 2.52. The van der Waals surface area contributed by atoms with E-state index in [-0.39, 0.29) is 0 Å². The highest BCUT2D eigenvalue weighted by molar-refractivity contribution is 9.10. The Kier molecular flexibility index (Phi) is 4.45. The molecular weight excluding hydrogens is 332 g/mol. The normalized spacial score (nSPS) is 10.4. The third-order valence-corrected chi connectivity index (χ3v) is 3.89. The van der Waals surface area contributed by atoms with Crippen LogP contribution < -0.4 is 10.6 Å². The van der Waals surface area contributed by atoms with Crippen LogP contribution >= 0.6 is 28.1 Å². The second kappa shape index (κ2) is 5.94. The van der Waals surface area contributed by atoms with Crippen molar-refractivity contribution in [1.29, 1.82) is 0 Å². The summed E-state index contributed by atoms with van der Waals surface area (Å²) in [5.74, 6) is 0. The Bertz CT molecular complexity index is 647. The molecule has 0 radical (unpaired) electrons. The molecule has 4 heteroatoms. The fourth-order valence-corrected chi connectivity index (χ4v) is 2.81. The Hall–Kier alpha value is -1.39. The third kappa shape index (κ3) is 3.19. The molecule has 2 aromatic carbocycles. The zero-order chi connectivity index (χ0) is 14.9. The number of nitrogens with zero attached hydrogens (tertiary/aromatic N) is 1. The predicted molar refractivity (Wildman–Crippen MR) is 94.0 cm³/mol. The van der Waals surface area contributed by atoms with E-state index in [9.17, 15) is 0 Å². The molecule has 104 valence electrons. The molecule has 2 rings (SSSR count). The molecule has 0 heterocycles. The summed E-state index contributed by atoms with van der Waals surface area (Å²) < 4.78 is 0.970. The maximum Gasteiger partial charge on any atom is 0.106 e. The molecule has 0 saturated carbocycles. The summed E-state index contributed by atoms with van der Waals surface area (Å²) >= 11 is 8.62. The summed E-state index contributed by atoms with van der Waals surface area (Å²) in [5, 5.41) is 0. The van der Waals surface area contributed by atoms with Gasteiger partial charge < -0.3 is 10.6 Å². The lowest BCUT2D eigenvalue weighted by Gasteiger charge is -2.23. The van der Waals surface area contributed by atoms with Crippen LogP contribution in [0.15, 0.2) is 40.9 Å². The highest BCUT2D eigenvalue weighted by Gasteiger charge is 2.12. The average Bonchev–Trinajstić information content (AvgIpc) is 2.36. The molecule has 2 nitrogen and oxygen atoms in total. The zero-order valence-electron chi connectivity index (χ0n) is 11.8. The van der Waals surface area contributed by atoms with Crippen molar-refractivity contribution in [2.75, 3.05) is 11.9 Å². The molecule has 2 N–H and O–H groups in total. The van der Waals surface area contributed by atoms with Gasteiger partial charge in [-0.3, -0.25) is 0 Å². The van der Waals surface area contributed by atoms with Gasteiger partial charge in [0.25, 0.3) is 0 Å². The number of thiocarbonyl (C=S) groups is 1. The quantitative estimate of drug-likeness (QED) is 0.829. The Morgan fingerprint density at radius 1 is 1.10 bits per heavy atom. The summed E-state index contributed by atoms with van der Waals surface area (Å²) in [6.07, 6.45) is 0. The highest BCUT2D eigenvalue weighted by Crippen LogP contribution is 2.30. The largest absolute Gasteiger partial charge is 0.389 e. The van der Waals surface area contributed by atoms with Crippen LogP contribution in [-0.2, 0) is 0 Å². The number of hydrogen-bond acceptors (Lipinski definition) is 2. The molecule has 0 spiro atoms. The van der Waals surface area contributed by atoms with E-state index in [2.05, 4.69) is 52.9 Å². The molecule has 0 saturated heterocycles. The van der Waals surface area contributed by atoms with Gasteiger partial charge in [-0.15, -0.1) is 0 Å². The van der Waals surface area contributed by atoms with Crippen LogP contribution in [-0.4, -0.2) is 12.0 Å². The van der Waals surface area contributed by atoms with Gasteiger partial charge >= 0.3 is 0 Å². The zero-order valence-corrected chi connectivity index (χ0v) is 14.2. The van der Waals surface area contributed by atoms with Gasteiger partial charge in [-0.1, -0.05) is 34.2 Å². The summed E-state index contributed by atoms with van der Waals surface area (Å²) in [5.41, 5.74) is 11.3. The Morgan fingerprint density at radius 3 is 2.25 bits per heavy atom. The van der Waals surface area contributed by atoms with Crippen LogP contribution in [0.25, 0.3) is 0 Å². The van der Waals surface area contributed by atoms with E-state index in [0.717, 1.165) is 21.4 Å². The highest BCUT2D eigenvalue weighted by atomic mass is 79.9. The van der Waals surface area contributed by atoms with Crippen molar-refractivity contribution < 1.29 is 0 Å². The van der Waals surface area contributed by atoms with Crippen LogP contribution in [0.3, 0.4) is 0 Å². The van der Waals surface area contributed by atoms with E-state index in [0.29, 0.717) is 4.99 Å². The van der Waals surface area contributed by atoms with Crippen molar-refractivity contribution >= 4 is 44.5 Å².